The van der Waals surface area contributed by atoms with E-state index in [1.54, 1.807) is 12.3 Å². The summed E-state index contributed by atoms with van der Waals surface area (Å²) in [5.41, 5.74) is 9.77. The van der Waals surface area contributed by atoms with E-state index in [0.717, 1.165) is 61.8 Å². The van der Waals surface area contributed by atoms with E-state index in [4.69, 9.17) is 50.0 Å². The van der Waals surface area contributed by atoms with Crippen LogP contribution in [0.4, 0.5) is 26.7 Å². The van der Waals surface area contributed by atoms with Gasteiger partial charge in [0.15, 0.2) is 0 Å². The molecule has 0 aliphatic rings. The number of benzene rings is 3. The Morgan fingerprint density at radius 3 is 1.59 bits per heavy atom. The predicted octanol–water partition coefficient (Wildman–Crippen LogP) is 10.8. The minimum absolute atomic E-state index is 0. The maximum absolute atomic E-state index is 11.9. The number of aromatic nitrogens is 3. The molecule has 5 N–H and O–H groups in total. The van der Waals surface area contributed by atoms with Gasteiger partial charge in [0.1, 0.15) is 11.2 Å². The summed E-state index contributed by atoms with van der Waals surface area (Å²) in [6.07, 6.45) is 4.50. The van der Waals surface area contributed by atoms with Crippen LogP contribution in [0.25, 0.3) is 32.7 Å². The van der Waals surface area contributed by atoms with Gasteiger partial charge in [-0.1, -0.05) is 83.3 Å². The van der Waals surface area contributed by atoms with Crippen LogP contribution >= 0.6 is 50.7 Å². The maximum Gasteiger partial charge on any atom is 0.412 e. The first-order chi connectivity index (χ1) is 25.3. The standard InChI is InChI=1S/C15H19ClN2O2.C13H15ClN2O2.C10H11ClN2.C2H5Br.CH4.ClH/c1-5-18-9-10(16)13-11(7-6-8-12(13)18)17-14(19)20-15(2,3)4;1-13(2,3)18-12(17)16-10-6-4-5-9-11(10)8(14)7-15-9;1-2-13-6-7(11)10-8(12)4-3-5-9(10)13;1-2-3;;/h6-9H,5H2,1-4H3,(H,17,19);4-7,15H,1-3H3,(H,16,17);3-6H,2,12H2,1H3;2H2,1H3;1H4;1H/p-1. The zero-order chi connectivity index (χ0) is 40.4. The molecule has 3 aromatic heterocycles. The highest BCUT2D eigenvalue weighted by Crippen LogP contribution is 2.33. The number of hydrogen-bond donors (Lipinski definition) is 4. The van der Waals surface area contributed by atoms with Gasteiger partial charge in [-0.05, 0) is 91.8 Å². The number of nitrogens with one attached hydrogen (secondary N) is 3. The SMILES string of the molecule is C.CC(C)(C)OC(=O)Nc1cccc2[nH]cc(Cl)c12.CCBr.CCn1cc(Cl)c2c(N)cccc21.CCn1cc(Cl)c2c(NC(=O)OC(C)(C)C)cccc21.[Cl-]. The van der Waals surface area contributed by atoms with Gasteiger partial charge in [-0.3, -0.25) is 10.6 Å². The molecule has 0 bridgehead atoms. The van der Waals surface area contributed by atoms with Crippen molar-refractivity contribution < 1.29 is 31.5 Å². The van der Waals surface area contributed by atoms with Gasteiger partial charge in [0.25, 0.3) is 0 Å². The summed E-state index contributed by atoms with van der Waals surface area (Å²) < 4.78 is 14.6. The second-order valence-corrected chi connectivity index (χ2v) is 16.2. The molecule has 2 amide bonds. The number of H-pyrrole nitrogens is 1. The minimum Gasteiger partial charge on any atom is -1.00 e. The number of aromatic amines is 1. The number of alkyl halides is 1. The predicted molar refractivity (Wildman–Crippen MR) is 239 cm³/mol. The van der Waals surface area contributed by atoms with Crippen LogP contribution in [0.2, 0.25) is 15.1 Å². The quantitative estimate of drug-likeness (QED) is 0.103. The Kier molecular flexibility index (Phi) is 20.0. The van der Waals surface area contributed by atoms with Crippen LogP contribution in [-0.2, 0) is 22.6 Å². The summed E-state index contributed by atoms with van der Waals surface area (Å²) in [7, 11) is 0. The van der Waals surface area contributed by atoms with Crippen molar-refractivity contribution in [2.45, 2.75) is 94.0 Å². The fraction of sp³-hybridized carbons (Fsp3) is 0.366. The Labute approximate surface area is 360 Å². The average Bonchev–Trinajstić information content (AvgIpc) is 3.73. The summed E-state index contributed by atoms with van der Waals surface area (Å²) in [5, 5.41) is 11.0. The van der Waals surface area contributed by atoms with Crippen LogP contribution in [0.1, 0.15) is 69.7 Å². The third-order valence-electron chi connectivity index (χ3n) is 7.36. The van der Waals surface area contributed by atoms with Gasteiger partial charge in [0.2, 0.25) is 0 Å². The number of nitrogen functional groups attached to an aromatic ring is 1. The van der Waals surface area contributed by atoms with Crippen LogP contribution in [0, 0.1) is 0 Å². The average molecular weight is 917 g/mol. The third-order valence-corrected chi connectivity index (χ3v) is 8.23. The first kappa shape index (κ1) is 50.3. The third kappa shape index (κ3) is 14.0. The smallest absolute Gasteiger partial charge is 0.412 e. The van der Waals surface area contributed by atoms with Crippen LogP contribution in [0.5, 0.6) is 0 Å². The van der Waals surface area contributed by atoms with Gasteiger partial charge in [-0.15, -0.1) is 0 Å². The number of amides is 2. The van der Waals surface area contributed by atoms with E-state index in [0.29, 0.717) is 21.4 Å². The molecular formula is C41H54BrCl4N6O4-. The molecule has 6 aromatic rings. The van der Waals surface area contributed by atoms with Gasteiger partial charge in [-0.2, -0.15) is 0 Å². The lowest BCUT2D eigenvalue weighted by molar-refractivity contribution is -0.0000460. The number of aryl methyl sites for hydroxylation is 2. The lowest BCUT2D eigenvalue weighted by Gasteiger charge is -2.20. The lowest BCUT2D eigenvalue weighted by atomic mass is 10.2. The Hall–Kier alpha value is -3.74. The summed E-state index contributed by atoms with van der Waals surface area (Å²) in [6.45, 7) is 18.8. The molecule has 0 atom stereocenters. The fourth-order valence-corrected chi connectivity index (χ4v) is 6.23. The monoisotopic (exact) mass is 913 g/mol. The summed E-state index contributed by atoms with van der Waals surface area (Å²) in [6, 6.07) is 17.0. The Morgan fingerprint density at radius 1 is 0.714 bits per heavy atom. The first-order valence-electron chi connectivity index (χ1n) is 17.5. The van der Waals surface area contributed by atoms with Crippen molar-refractivity contribution in [3.63, 3.8) is 0 Å². The Bertz CT molecular complexity index is 2180. The van der Waals surface area contributed by atoms with Gasteiger partial charge in [0, 0.05) is 64.4 Å². The number of anilines is 3. The fourth-order valence-electron chi connectivity index (χ4n) is 5.33. The number of fused-ring (bicyclic) bond motifs is 3. The number of halogens is 5. The molecule has 3 aromatic carbocycles. The maximum atomic E-state index is 11.9. The number of rotatable bonds is 4. The van der Waals surface area contributed by atoms with Crippen molar-refractivity contribution >= 4 is 113 Å². The number of nitrogens with two attached hydrogens (primary N) is 1. The van der Waals surface area contributed by atoms with Crippen LogP contribution < -0.4 is 28.8 Å². The Balaban J connectivity index is 0.000000405. The number of ether oxygens (including phenoxy) is 2. The van der Waals surface area contributed by atoms with Crippen molar-refractivity contribution in [3.8, 4) is 0 Å². The topological polar surface area (TPSA) is 128 Å². The second-order valence-electron chi connectivity index (χ2n) is 13.9. The highest BCUT2D eigenvalue weighted by Gasteiger charge is 2.19. The molecule has 0 spiro atoms. The molecule has 0 fully saturated rings. The van der Waals surface area contributed by atoms with Crippen molar-refractivity contribution in [1.82, 2.24) is 14.1 Å². The highest BCUT2D eigenvalue weighted by molar-refractivity contribution is 9.09. The molecule has 0 aliphatic heterocycles. The zero-order valence-electron chi connectivity index (χ0n) is 32.5. The number of carbonyl (C=O) groups is 2. The molecule has 0 radical (unpaired) electrons. The van der Waals surface area contributed by atoms with Crippen molar-refractivity contribution in [1.29, 1.82) is 0 Å². The van der Waals surface area contributed by atoms with E-state index in [1.807, 2.05) is 121 Å². The number of hydrogen-bond acceptors (Lipinski definition) is 5. The van der Waals surface area contributed by atoms with Crippen LogP contribution in [-0.4, -0.2) is 42.8 Å². The number of carbonyl (C=O) groups excluding carboxylic acids is 2. The first-order valence-corrected chi connectivity index (χ1v) is 19.7. The molecule has 0 saturated carbocycles. The molecule has 0 unspecified atom stereocenters. The van der Waals surface area contributed by atoms with Gasteiger partial charge >= 0.3 is 12.2 Å². The van der Waals surface area contributed by atoms with E-state index in [-0.39, 0.29) is 19.8 Å². The molecular weight excluding hydrogens is 862 g/mol. The molecule has 3 heterocycles. The number of nitrogens with zero attached hydrogens (tertiary/aromatic N) is 2. The highest BCUT2D eigenvalue weighted by atomic mass is 79.9. The molecule has 15 heteroatoms. The zero-order valence-corrected chi connectivity index (χ0v) is 37.2. The second kappa shape index (κ2) is 22.3. The summed E-state index contributed by atoms with van der Waals surface area (Å²) >= 11 is 21.5. The van der Waals surface area contributed by atoms with E-state index in [1.165, 1.54) is 0 Å². The van der Waals surface area contributed by atoms with E-state index >= 15 is 0 Å². The molecule has 0 aliphatic carbocycles. The minimum atomic E-state index is -0.531. The molecule has 6 rings (SSSR count). The lowest BCUT2D eigenvalue weighted by Crippen LogP contribution is -3.00. The van der Waals surface area contributed by atoms with Crippen LogP contribution in [0.3, 0.4) is 0 Å². The van der Waals surface area contributed by atoms with E-state index in [9.17, 15) is 9.59 Å². The Morgan fingerprint density at radius 2 is 1.12 bits per heavy atom. The molecule has 56 heavy (non-hydrogen) atoms. The summed E-state index contributed by atoms with van der Waals surface area (Å²) in [5.74, 6) is 0. The molecule has 10 nitrogen and oxygen atoms in total. The van der Waals surface area contributed by atoms with Crippen LogP contribution in [0.15, 0.2) is 73.2 Å². The van der Waals surface area contributed by atoms with E-state index in [2.05, 4.69) is 43.0 Å². The van der Waals surface area contributed by atoms with Gasteiger partial charge in [-0.25, -0.2) is 9.59 Å². The largest absolute Gasteiger partial charge is 1.00 e. The van der Waals surface area contributed by atoms with Crippen molar-refractivity contribution in [2.75, 3.05) is 21.7 Å². The molecule has 308 valence electrons. The molecule has 0 saturated heterocycles. The van der Waals surface area contributed by atoms with Gasteiger partial charge in [0.05, 0.1) is 37.5 Å². The van der Waals surface area contributed by atoms with Crippen molar-refractivity contribution in [2.24, 2.45) is 0 Å². The van der Waals surface area contributed by atoms with Crippen molar-refractivity contribution in [3.05, 3.63) is 88.3 Å². The van der Waals surface area contributed by atoms with Gasteiger partial charge < -0.3 is 41.7 Å². The van der Waals surface area contributed by atoms with E-state index < -0.39 is 23.4 Å². The normalized spacial score (nSPS) is 10.7. The summed E-state index contributed by atoms with van der Waals surface area (Å²) in [4.78, 5) is 26.6.